The minimum atomic E-state index is -0.134. The molecule has 0 aliphatic carbocycles. The molecule has 0 spiro atoms. The van der Waals surface area contributed by atoms with Crippen molar-refractivity contribution in [1.82, 2.24) is 5.32 Å². The van der Waals surface area contributed by atoms with Gasteiger partial charge in [0, 0.05) is 6.54 Å². The number of hydrogen-bond acceptors (Lipinski definition) is 2. The zero-order chi connectivity index (χ0) is 13.5. The van der Waals surface area contributed by atoms with Gasteiger partial charge in [0.25, 0.3) is 0 Å². The Morgan fingerprint density at radius 1 is 1.05 bits per heavy atom. The fourth-order valence-corrected chi connectivity index (χ4v) is 2.95. The maximum Gasteiger partial charge on any atom is 0.322 e. The van der Waals surface area contributed by atoms with Crippen LogP contribution in [0.2, 0.25) is 0 Å². The molecule has 0 aromatic heterocycles. The number of urea groups is 1. The Bertz CT molecular complexity index is 657. The monoisotopic (exact) mass is 266 g/mol. The van der Waals surface area contributed by atoms with Gasteiger partial charge >= 0.3 is 6.03 Å². The first kappa shape index (κ1) is 11.3. The van der Waals surface area contributed by atoms with Crippen LogP contribution in [-0.4, -0.2) is 18.6 Å². The van der Waals surface area contributed by atoms with Crippen LogP contribution in [0.4, 0.5) is 10.5 Å². The Kier molecular flexibility index (Phi) is 2.42. The first-order valence-electron chi connectivity index (χ1n) is 6.72. The molecule has 2 aliphatic rings. The quantitative estimate of drug-likeness (QED) is 0.862. The number of benzene rings is 2. The fourth-order valence-electron chi connectivity index (χ4n) is 2.95. The lowest BCUT2D eigenvalue weighted by Gasteiger charge is -2.37. The van der Waals surface area contributed by atoms with E-state index in [1.807, 2.05) is 59.5 Å². The number of nitrogens with zero attached hydrogens (tertiary/aromatic N) is 1. The van der Waals surface area contributed by atoms with Gasteiger partial charge in [-0.1, -0.05) is 42.5 Å². The van der Waals surface area contributed by atoms with Crippen molar-refractivity contribution in [2.45, 2.75) is 12.1 Å². The highest BCUT2D eigenvalue weighted by atomic mass is 16.5. The Morgan fingerprint density at radius 2 is 1.80 bits per heavy atom. The van der Waals surface area contributed by atoms with Gasteiger partial charge in [-0.05, 0) is 17.7 Å². The molecule has 1 saturated heterocycles. The van der Waals surface area contributed by atoms with Crippen molar-refractivity contribution in [3.63, 3.8) is 0 Å². The molecular formula is C16H14N2O2. The van der Waals surface area contributed by atoms with Crippen molar-refractivity contribution >= 4 is 11.7 Å². The van der Waals surface area contributed by atoms with Crippen LogP contribution >= 0.6 is 0 Å². The molecule has 2 amide bonds. The predicted molar refractivity (Wildman–Crippen MR) is 75.9 cm³/mol. The molecular weight excluding hydrogens is 252 g/mol. The van der Waals surface area contributed by atoms with Crippen LogP contribution in [0.5, 0.6) is 5.75 Å². The van der Waals surface area contributed by atoms with Crippen molar-refractivity contribution in [3.05, 3.63) is 60.2 Å². The van der Waals surface area contributed by atoms with E-state index in [2.05, 4.69) is 5.32 Å². The maximum absolute atomic E-state index is 12.1. The molecule has 2 aliphatic heterocycles. The van der Waals surface area contributed by atoms with Crippen molar-refractivity contribution in [2.24, 2.45) is 0 Å². The number of nitrogens with one attached hydrogen (secondary N) is 1. The summed E-state index contributed by atoms with van der Waals surface area (Å²) in [5, 5.41) is 2.91. The lowest BCUT2D eigenvalue weighted by Crippen LogP contribution is -2.43. The zero-order valence-electron chi connectivity index (χ0n) is 10.8. The molecule has 0 bridgehead atoms. The molecule has 0 saturated carbocycles. The number of amides is 2. The first-order valence-corrected chi connectivity index (χ1v) is 6.72. The third-order valence-corrected chi connectivity index (χ3v) is 3.87. The average Bonchev–Trinajstić information content (AvgIpc) is 2.90. The smallest absolute Gasteiger partial charge is 0.322 e. The largest absolute Gasteiger partial charge is 0.481 e. The van der Waals surface area contributed by atoms with E-state index in [0.717, 1.165) is 17.0 Å². The molecule has 4 rings (SSSR count). The SMILES string of the molecule is O=C1NCC2C(c3ccccc3)Oc3ccccc3N12. The summed E-state index contributed by atoms with van der Waals surface area (Å²) in [5.74, 6) is 0.759. The zero-order valence-corrected chi connectivity index (χ0v) is 10.8. The van der Waals surface area contributed by atoms with Gasteiger partial charge in [0.2, 0.25) is 0 Å². The van der Waals surface area contributed by atoms with Crippen LogP contribution in [0.15, 0.2) is 54.6 Å². The van der Waals surface area contributed by atoms with Gasteiger partial charge in [0.1, 0.15) is 11.9 Å². The first-order chi connectivity index (χ1) is 9.84. The number of rotatable bonds is 1. The van der Waals surface area contributed by atoms with Gasteiger partial charge in [-0.15, -0.1) is 0 Å². The van der Waals surface area contributed by atoms with Crippen LogP contribution in [-0.2, 0) is 0 Å². The lowest BCUT2D eigenvalue weighted by molar-refractivity contribution is 0.165. The summed E-state index contributed by atoms with van der Waals surface area (Å²) in [6.45, 7) is 0.604. The molecule has 2 aromatic rings. The maximum atomic E-state index is 12.1. The summed E-state index contributed by atoms with van der Waals surface area (Å²) in [5.41, 5.74) is 1.94. The number of ether oxygens (including phenoxy) is 1. The van der Waals surface area contributed by atoms with Crippen molar-refractivity contribution in [3.8, 4) is 5.75 Å². The third kappa shape index (κ3) is 1.58. The normalized spacial score (nSPS) is 23.6. The van der Waals surface area contributed by atoms with Crippen molar-refractivity contribution < 1.29 is 9.53 Å². The van der Waals surface area contributed by atoms with Crippen LogP contribution in [0.25, 0.3) is 0 Å². The third-order valence-electron chi connectivity index (χ3n) is 3.87. The van der Waals surface area contributed by atoms with E-state index in [9.17, 15) is 4.79 Å². The minimum absolute atomic E-state index is 0.000185. The molecule has 2 aromatic carbocycles. The summed E-state index contributed by atoms with van der Waals surface area (Å²) in [7, 11) is 0. The van der Waals surface area contributed by atoms with E-state index >= 15 is 0 Å². The van der Waals surface area contributed by atoms with Gasteiger partial charge in [0.15, 0.2) is 0 Å². The van der Waals surface area contributed by atoms with Gasteiger partial charge in [-0.2, -0.15) is 0 Å². The van der Waals surface area contributed by atoms with Crippen LogP contribution in [0.3, 0.4) is 0 Å². The average molecular weight is 266 g/mol. The molecule has 100 valence electrons. The number of fused-ring (bicyclic) bond motifs is 3. The fraction of sp³-hybridized carbons (Fsp3) is 0.188. The summed E-state index contributed by atoms with van der Waals surface area (Å²) in [6.07, 6.45) is -0.134. The molecule has 2 atom stereocenters. The topological polar surface area (TPSA) is 41.6 Å². The minimum Gasteiger partial charge on any atom is -0.481 e. The van der Waals surface area contributed by atoms with Gasteiger partial charge in [0.05, 0.1) is 11.7 Å². The van der Waals surface area contributed by atoms with E-state index in [1.54, 1.807) is 0 Å². The van der Waals surface area contributed by atoms with E-state index in [1.165, 1.54) is 0 Å². The summed E-state index contributed by atoms with van der Waals surface area (Å²) >= 11 is 0. The van der Waals surface area contributed by atoms with Crippen LogP contribution in [0.1, 0.15) is 11.7 Å². The second-order valence-corrected chi connectivity index (χ2v) is 5.04. The Labute approximate surface area is 117 Å². The lowest BCUT2D eigenvalue weighted by atomic mass is 9.99. The Morgan fingerprint density at radius 3 is 2.65 bits per heavy atom. The number of carbonyl (C=O) groups is 1. The highest BCUT2D eigenvalue weighted by molar-refractivity contribution is 5.97. The predicted octanol–water partition coefficient (Wildman–Crippen LogP) is 2.72. The Hall–Kier alpha value is -2.49. The van der Waals surface area contributed by atoms with Crippen molar-refractivity contribution in [2.75, 3.05) is 11.4 Å². The standard InChI is InChI=1S/C16H14N2O2/c19-16-17-10-13-15(11-6-2-1-3-7-11)20-14-9-5-4-8-12(14)18(13)16/h1-9,13,15H,10H2,(H,17,19). The van der Waals surface area contributed by atoms with E-state index in [0.29, 0.717) is 6.54 Å². The summed E-state index contributed by atoms with van der Waals surface area (Å²) in [4.78, 5) is 13.9. The Balaban J connectivity index is 1.83. The van der Waals surface area contributed by atoms with Crippen LogP contribution < -0.4 is 15.0 Å². The molecule has 2 unspecified atom stereocenters. The molecule has 4 nitrogen and oxygen atoms in total. The van der Waals surface area contributed by atoms with Crippen molar-refractivity contribution in [1.29, 1.82) is 0 Å². The molecule has 20 heavy (non-hydrogen) atoms. The highest BCUT2D eigenvalue weighted by Gasteiger charge is 2.44. The summed E-state index contributed by atoms with van der Waals surface area (Å²) < 4.78 is 6.15. The molecule has 2 heterocycles. The molecule has 4 heteroatoms. The highest BCUT2D eigenvalue weighted by Crippen LogP contribution is 2.42. The van der Waals surface area contributed by atoms with E-state index in [-0.39, 0.29) is 18.2 Å². The summed E-state index contributed by atoms with van der Waals surface area (Å²) in [6, 6.07) is 17.7. The molecule has 1 fully saturated rings. The number of hydrogen-bond donors (Lipinski definition) is 1. The second-order valence-electron chi connectivity index (χ2n) is 5.04. The molecule has 1 N–H and O–H groups in total. The van der Waals surface area contributed by atoms with Gasteiger partial charge in [-0.25, -0.2) is 4.79 Å². The molecule has 0 radical (unpaired) electrons. The van der Waals surface area contributed by atoms with Gasteiger partial charge in [-0.3, -0.25) is 4.90 Å². The van der Waals surface area contributed by atoms with E-state index < -0.39 is 0 Å². The van der Waals surface area contributed by atoms with Gasteiger partial charge < -0.3 is 10.1 Å². The number of carbonyl (C=O) groups excluding carboxylic acids is 1. The number of para-hydroxylation sites is 2. The van der Waals surface area contributed by atoms with Crippen LogP contribution in [0, 0.1) is 0 Å². The van der Waals surface area contributed by atoms with E-state index in [4.69, 9.17) is 4.74 Å². The second kappa shape index (κ2) is 4.27. The number of anilines is 1.